The predicted octanol–water partition coefficient (Wildman–Crippen LogP) is 1.27. The summed E-state index contributed by atoms with van der Waals surface area (Å²) in [5.41, 5.74) is 5.53. The van der Waals surface area contributed by atoms with Crippen molar-refractivity contribution in [1.82, 2.24) is 0 Å². The van der Waals surface area contributed by atoms with Gasteiger partial charge in [0.05, 0.1) is 6.61 Å². The van der Waals surface area contributed by atoms with Gasteiger partial charge in [0.2, 0.25) is 0 Å². The number of ketones is 1. The zero-order chi connectivity index (χ0) is 12.1. The first-order valence-electron chi connectivity index (χ1n) is 5.23. The molecule has 0 fully saturated rings. The predicted molar refractivity (Wildman–Crippen MR) is 58.3 cm³/mol. The lowest BCUT2D eigenvalue weighted by atomic mass is 9.88. The fraction of sp³-hybridized carbons (Fsp3) is 0.818. The topological polar surface area (TPSA) is 69.4 Å². The Morgan fingerprint density at radius 1 is 1.33 bits per heavy atom. The van der Waals surface area contributed by atoms with Gasteiger partial charge in [0.15, 0.2) is 11.8 Å². The number of esters is 1. The van der Waals surface area contributed by atoms with Crippen molar-refractivity contribution in [3.05, 3.63) is 0 Å². The minimum Gasteiger partial charge on any atom is -0.464 e. The molecule has 88 valence electrons. The van der Waals surface area contributed by atoms with Gasteiger partial charge in [-0.1, -0.05) is 20.8 Å². The van der Waals surface area contributed by atoms with Crippen molar-refractivity contribution in [3.8, 4) is 0 Å². The first kappa shape index (κ1) is 14.1. The summed E-state index contributed by atoms with van der Waals surface area (Å²) < 4.78 is 4.67. The van der Waals surface area contributed by atoms with E-state index in [1.54, 1.807) is 6.92 Å². The van der Waals surface area contributed by atoms with Crippen LogP contribution in [-0.2, 0) is 14.3 Å². The molecule has 0 heterocycles. The van der Waals surface area contributed by atoms with E-state index in [2.05, 4.69) is 4.74 Å². The highest BCUT2D eigenvalue weighted by Gasteiger charge is 2.24. The second kappa shape index (κ2) is 5.85. The maximum absolute atomic E-state index is 11.5. The lowest BCUT2D eigenvalue weighted by Crippen LogP contribution is -2.40. The maximum atomic E-state index is 11.5. The van der Waals surface area contributed by atoms with E-state index in [4.69, 9.17) is 5.73 Å². The number of rotatable bonds is 5. The smallest absolute Gasteiger partial charge is 0.330 e. The van der Waals surface area contributed by atoms with E-state index in [1.807, 2.05) is 20.8 Å². The Hall–Kier alpha value is -0.900. The molecule has 2 N–H and O–H groups in total. The van der Waals surface area contributed by atoms with Gasteiger partial charge in [-0.2, -0.15) is 0 Å². The molecule has 0 aliphatic heterocycles. The van der Waals surface area contributed by atoms with Crippen LogP contribution in [0.15, 0.2) is 0 Å². The third-order valence-electron chi connectivity index (χ3n) is 2.01. The minimum atomic E-state index is -1.12. The van der Waals surface area contributed by atoms with Crippen LogP contribution in [-0.4, -0.2) is 24.4 Å². The summed E-state index contributed by atoms with van der Waals surface area (Å²) in [6.07, 6.45) is 1.04. The standard InChI is InChI=1S/C11H21NO3/c1-5-15-10(14)9(12)8(13)6-7-11(2,3)4/h9H,5-7,12H2,1-4H3. The van der Waals surface area contributed by atoms with Gasteiger partial charge in [0.25, 0.3) is 0 Å². The summed E-state index contributed by atoms with van der Waals surface area (Å²) >= 11 is 0. The van der Waals surface area contributed by atoms with Gasteiger partial charge in [0.1, 0.15) is 0 Å². The molecule has 0 saturated carbocycles. The molecule has 0 aliphatic carbocycles. The van der Waals surface area contributed by atoms with Crippen molar-refractivity contribution in [1.29, 1.82) is 0 Å². The van der Waals surface area contributed by atoms with Gasteiger partial charge in [-0.05, 0) is 18.8 Å². The molecular weight excluding hydrogens is 194 g/mol. The van der Waals surface area contributed by atoms with E-state index < -0.39 is 12.0 Å². The largest absolute Gasteiger partial charge is 0.464 e. The molecule has 0 spiro atoms. The van der Waals surface area contributed by atoms with Crippen molar-refractivity contribution >= 4 is 11.8 Å². The Kier molecular flexibility index (Phi) is 5.50. The first-order valence-corrected chi connectivity index (χ1v) is 5.23. The molecule has 0 rings (SSSR count). The monoisotopic (exact) mass is 215 g/mol. The van der Waals surface area contributed by atoms with Crippen molar-refractivity contribution in [2.75, 3.05) is 6.61 Å². The second-order valence-corrected chi connectivity index (χ2v) is 4.76. The molecule has 1 unspecified atom stereocenters. The highest BCUT2D eigenvalue weighted by Crippen LogP contribution is 2.20. The van der Waals surface area contributed by atoms with Crippen molar-refractivity contribution in [2.45, 2.75) is 46.6 Å². The number of hydrogen-bond donors (Lipinski definition) is 1. The summed E-state index contributed by atoms with van der Waals surface area (Å²) in [5.74, 6) is -0.875. The Labute approximate surface area is 91.2 Å². The van der Waals surface area contributed by atoms with Gasteiger partial charge in [-0.25, -0.2) is 4.79 Å². The van der Waals surface area contributed by atoms with Crippen LogP contribution in [0.1, 0.15) is 40.5 Å². The number of nitrogens with two attached hydrogens (primary N) is 1. The summed E-state index contributed by atoms with van der Waals surface area (Å²) in [7, 11) is 0. The minimum absolute atomic E-state index is 0.0735. The maximum Gasteiger partial charge on any atom is 0.330 e. The summed E-state index contributed by atoms with van der Waals surface area (Å²) in [5, 5.41) is 0. The first-order chi connectivity index (χ1) is 6.78. The summed E-state index contributed by atoms with van der Waals surface area (Å²) in [6, 6.07) is -1.12. The number of hydrogen-bond acceptors (Lipinski definition) is 4. The van der Waals surface area contributed by atoms with E-state index in [9.17, 15) is 9.59 Å². The number of Topliss-reactive ketones (excluding diaryl/α,β-unsaturated/α-hetero) is 1. The third kappa shape index (κ3) is 6.23. The van der Waals surface area contributed by atoms with E-state index in [0.717, 1.165) is 6.42 Å². The molecule has 0 amide bonds. The third-order valence-corrected chi connectivity index (χ3v) is 2.01. The average Bonchev–Trinajstić information content (AvgIpc) is 2.12. The highest BCUT2D eigenvalue weighted by atomic mass is 16.5. The highest BCUT2D eigenvalue weighted by molar-refractivity contribution is 6.02. The van der Waals surface area contributed by atoms with E-state index >= 15 is 0 Å². The van der Waals surface area contributed by atoms with E-state index in [1.165, 1.54) is 0 Å². The molecule has 0 bridgehead atoms. The summed E-state index contributed by atoms with van der Waals surface area (Å²) in [6.45, 7) is 8.05. The molecule has 0 aromatic heterocycles. The number of carbonyl (C=O) groups excluding carboxylic acids is 2. The van der Waals surface area contributed by atoms with Crippen LogP contribution in [0.2, 0.25) is 0 Å². The fourth-order valence-electron chi connectivity index (χ4n) is 1.02. The van der Waals surface area contributed by atoms with E-state index in [0.29, 0.717) is 6.42 Å². The Morgan fingerprint density at radius 3 is 2.27 bits per heavy atom. The van der Waals surface area contributed by atoms with E-state index in [-0.39, 0.29) is 17.8 Å². The van der Waals surface area contributed by atoms with Crippen LogP contribution in [0.4, 0.5) is 0 Å². The molecular formula is C11H21NO3. The second-order valence-electron chi connectivity index (χ2n) is 4.76. The Bertz CT molecular complexity index is 230. The van der Waals surface area contributed by atoms with Crippen LogP contribution in [0.3, 0.4) is 0 Å². The quantitative estimate of drug-likeness (QED) is 0.554. The molecule has 0 radical (unpaired) electrons. The molecule has 4 heteroatoms. The van der Waals surface area contributed by atoms with Crippen LogP contribution < -0.4 is 5.73 Å². The Balaban J connectivity index is 4.05. The van der Waals surface area contributed by atoms with Crippen LogP contribution in [0.5, 0.6) is 0 Å². The number of carbonyl (C=O) groups is 2. The van der Waals surface area contributed by atoms with Crippen molar-refractivity contribution in [3.63, 3.8) is 0 Å². The summed E-state index contributed by atoms with van der Waals surface area (Å²) in [4.78, 5) is 22.6. The fourth-order valence-corrected chi connectivity index (χ4v) is 1.02. The Morgan fingerprint density at radius 2 is 1.87 bits per heavy atom. The molecule has 1 atom stereocenters. The lowest BCUT2D eigenvalue weighted by Gasteiger charge is -2.18. The van der Waals surface area contributed by atoms with Crippen LogP contribution in [0.25, 0.3) is 0 Å². The molecule has 15 heavy (non-hydrogen) atoms. The van der Waals surface area contributed by atoms with Gasteiger partial charge in [-0.3, -0.25) is 4.79 Å². The average molecular weight is 215 g/mol. The van der Waals surface area contributed by atoms with Gasteiger partial charge in [0, 0.05) is 6.42 Å². The zero-order valence-corrected chi connectivity index (χ0v) is 10.0. The van der Waals surface area contributed by atoms with Crippen molar-refractivity contribution < 1.29 is 14.3 Å². The van der Waals surface area contributed by atoms with Gasteiger partial charge < -0.3 is 10.5 Å². The van der Waals surface area contributed by atoms with Gasteiger partial charge in [-0.15, -0.1) is 0 Å². The van der Waals surface area contributed by atoms with Crippen molar-refractivity contribution in [2.24, 2.45) is 11.1 Å². The van der Waals surface area contributed by atoms with Crippen LogP contribution >= 0.6 is 0 Å². The van der Waals surface area contributed by atoms with Crippen LogP contribution in [0, 0.1) is 5.41 Å². The number of ether oxygens (including phenoxy) is 1. The molecule has 0 aromatic rings. The zero-order valence-electron chi connectivity index (χ0n) is 10.0. The molecule has 0 aromatic carbocycles. The molecule has 0 saturated heterocycles. The molecule has 4 nitrogen and oxygen atoms in total. The van der Waals surface area contributed by atoms with Gasteiger partial charge >= 0.3 is 5.97 Å². The SMILES string of the molecule is CCOC(=O)C(N)C(=O)CCC(C)(C)C. The molecule has 0 aliphatic rings. The normalized spacial score (nSPS) is 13.4. The lowest BCUT2D eigenvalue weighted by molar-refractivity contribution is -0.147.